The Morgan fingerprint density at radius 2 is 2.11 bits per heavy atom. The number of nitrogens with zero attached hydrogens (tertiary/aromatic N) is 2. The summed E-state index contributed by atoms with van der Waals surface area (Å²) in [6.45, 7) is 2.38. The highest BCUT2D eigenvalue weighted by Gasteiger charge is 2.33. The lowest BCUT2D eigenvalue weighted by Gasteiger charge is -2.26. The van der Waals surface area contributed by atoms with Gasteiger partial charge in [-0.05, 0) is 56.6 Å². The molecule has 0 spiro atoms. The summed E-state index contributed by atoms with van der Waals surface area (Å²) < 4.78 is 0. The number of likely N-dealkylation sites (tertiary alicyclic amines) is 1. The van der Waals surface area contributed by atoms with Crippen LogP contribution in [0.1, 0.15) is 30.0 Å². The SMILES string of the molecule is CN(C)C1CCN(C2CCc3cc(O)ccc32)C1. The summed E-state index contributed by atoms with van der Waals surface area (Å²) in [6.07, 6.45) is 3.59. The highest BCUT2D eigenvalue weighted by atomic mass is 16.3. The standard InChI is InChI=1S/C15H22N2O/c1-16(2)12-7-8-17(10-12)15-6-3-11-9-13(18)4-5-14(11)15/h4-5,9,12,15,18H,3,6-8,10H2,1-2H3. The highest BCUT2D eigenvalue weighted by Crippen LogP contribution is 2.39. The largest absolute Gasteiger partial charge is 0.508 e. The van der Waals surface area contributed by atoms with Crippen LogP contribution in [0.25, 0.3) is 0 Å². The average Bonchev–Trinajstić information content (AvgIpc) is 2.92. The molecule has 1 aromatic rings. The molecule has 18 heavy (non-hydrogen) atoms. The van der Waals surface area contributed by atoms with Crippen molar-refractivity contribution in [2.24, 2.45) is 0 Å². The lowest BCUT2D eigenvalue weighted by atomic mass is 10.1. The smallest absolute Gasteiger partial charge is 0.115 e. The van der Waals surface area contributed by atoms with Gasteiger partial charge in [0.15, 0.2) is 0 Å². The van der Waals surface area contributed by atoms with Gasteiger partial charge < -0.3 is 10.0 Å². The second kappa shape index (κ2) is 4.56. The molecule has 2 aliphatic rings. The first kappa shape index (κ1) is 12.0. The molecule has 1 aromatic carbocycles. The molecule has 2 unspecified atom stereocenters. The van der Waals surface area contributed by atoms with E-state index in [0.717, 1.165) is 6.42 Å². The molecule has 1 aliphatic carbocycles. The van der Waals surface area contributed by atoms with Crippen LogP contribution in [0.2, 0.25) is 0 Å². The van der Waals surface area contributed by atoms with Gasteiger partial charge in [-0.2, -0.15) is 0 Å². The minimum atomic E-state index is 0.405. The Hall–Kier alpha value is -1.06. The first-order chi connectivity index (χ1) is 8.65. The average molecular weight is 246 g/mol. The molecule has 1 fully saturated rings. The first-order valence-corrected chi connectivity index (χ1v) is 6.87. The summed E-state index contributed by atoms with van der Waals surface area (Å²) in [5.74, 6) is 0.405. The molecular weight excluding hydrogens is 224 g/mol. The van der Waals surface area contributed by atoms with E-state index in [1.54, 1.807) is 0 Å². The van der Waals surface area contributed by atoms with E-state index in [2.05, 4.69) is 30.0 Å². The Balaban J connectivity index is 1.77. The van der Waals surface area contributed by atoms with E-state index in [4.69, 9.17) is 0 Å². The van der Waals surface area contributed by atoms with E-state index in [9.17, 15) is 5.11 Å². The Morgan fingerprint density at radius 3 is 2.83 bits per heavy atom. The fraction of sp³-hybridized carbons (Fsp3) is 0.600. The number of fused-ring (bicyclic) bond motifs is 1. The minimum Gasteiger partial charge on any atom is -0.508 e. The van der Waals surface area contributed by atoms with Crippen LogP contribution in [0.15, 0.2) is 18.2 Å². The predicted molar refractivity (Wildman–Crippen MR) is 72.8 cm³/mol. The fourth-order valence-corrected chi connectivity index (χ4v) is 3.43. The van der Waals surface area contributed by atoms with E-state index in [-0.39, 0.29) is 0 Å². The molecule has 1 heterocycles. The Morgan fingerprint density at radius 1 is 1.28 bits per heavy atom. The minimum absolute atomic E-state index is 0.405. The van der Waals surface area contributed by atoms with Crippen LogP contribution in [0.3, 0.4) is 0 Å². The third kappa shape index (κ3) is 2.02. The van der Waals surface area contributed by atoms with Gasteiger partial charge in [0.2, 0.25) is 0 Å². The van der Waals surface area contributed by atoms with E-state index < -0.39 is 0 Å². The number of hydrogen-bond donors (Lipinski definition) is 1. The monoisotopic (exact) mass is 246 g/mol. The number of benzene rings is 1. The molecule has 2 atom stereocenters. The van der Waals surface area contributed by atoms with Crippen molar-refractivity contribution in [3.63, 3.8) is 0 Å². The predicted octanol–water partition coefficient (Wildman–Crippen LogP) is 2.02. The number of likely N-dealkylation sites (N-methyl/N-ethyl adjacent to an activating group) is 1. The maximum atomic E-state index is 9.54. The van der Waals surface area contributed by atoms with Crippen LogP contribution >= 0.6 is 0 Å². The summed E-state index contributed by atoms with van der Waals surface area (Å²) in [7, 11) is 4.35. The molecular formula is C15H22N2O. The zero-order valence-electron chi connectivity index (χ0n) is 11.3. The molecule has 98 valence electrons. The van der Waals surface area contributed by atoms with Crippen LogP contribution in [0.4, 0.5) is 0 Å². The second-order valence-corrected chi connectivity index (χ2v) is 5.84. The van der Waals surface area contributed by atoms with Crippen molar-refractivity contribution < 1.29 is 5.11 Å². The van der Waals surface area contributed by atoms with Gasteiger partial charge in [-0.3, -0.25) is 4.90 Å². The van der Waals surface area contributed by atoms with Gasteiger partial charge in [0.25, 0.3) is 0 Å². The van der Waals surface area contributed by atoms with Crippen molar-refractivity contribution in [1.82, 2.24) is 9.80 Å². The Bertz CT molecular complexity index is 444. The van der Waals surface area contributed by atoms with Crippen molar-refractivity contribution in [2.75, 3.05) is 27.2 Å². The maximum absolute atomic E-state index is 9.54. The van der Waals surface area contributed by atoms with E-state index >= 15 is 0 Å². The van der Waals surface area contributed by atoms with Crippen LogP contribution < -0.4 is 0 Å². The van der Waals surface area contributed by atoms with E-state index in [1.165, 1.54) is 37.1 Å². The summed E-state index contributed by atoms with van der Waals surface area (Å²) in [5.41, 5.74) is 2.78. The quantitative estimate of drug-likeness (QED) is 0.865. The third-order valence-electron chi connectivity index (χ3n) is 4.54. The van der Waals surface area contributed by atoms with Gasteiger partial charge in [-0.1, -0.05) is 6.07 Å². The van der Waals surface area contributed by atoms with E-state index in [0.29, 0.717) is 17.8 Å². The number of phenols is 1. The lowest BCUT2D eigenvalue weighted by molar-refractivity contribution is 0.216. The zero-order chi connectivity index (χ0) is 12.7. The van der Waals surface area contributed by atoms with E-state index in [1.807, 2.05) is 12.1 Å². The lowest BCUT2D eigenvalue weighted by Crippen LogP contribution is -2.32. The molecule has 0 bridgehead atoms. The number of aromatic hydroxyl groups is 1. The highest BCUT2D eigenvalue weighted by molar-refractivity contribution is 5.40. The number of phenolic OH excluding ortho intramolecular Hbond substituents is 1. The van der Waals surface area contributed by atoms with Crippen molar-refractivity contribution in [2.45, 2.75) is 31.3 Å². The van der Waals surface area contributed by atoms with Gasteiger partial charge in [-0.15, -0.1) is 0 Å². The first-order valence-electron chi connectivity index (χ1n) is 6.87. The maximum Gasteiger partial charge on any atom is 0.115 e. The normalized spacial score (nSPS) is 27.9. The topological polar surface area (TPSA) is 26.7 Å². The molecule has 0 saturated carbocycles. The van der Waals surface area contributed by atoms with Crippen LogP contribution in [0.5, 0.6) is 5.75 Å². The van der Waals surface area contributed by atoms with Gasteiger partial charge in [0.1, 0.15) is 5.75 Å². The molecule has 0 amide bonds. The molecule has 3 rings (SSSR count). The number of rotatable bonds is 2. The molecule has 1 N–H and O–H groups in total. The fourth-order valence-electron chi connectivity index (χ4n) is 3.43. The van der Waals surface area contributed by atoms with Crippen LogP contribution in [-0.4, -0.2) is 48.1 Å². The number of aryl methyl sites for hydroxylation is 1. The summed E-state index contributed by atoms with van der Waals surface area (Å²) in [5, 5.41) is 9.54. The second-order valence-electron chi connectivity index (χ2n) is 5.84. The van der Waals surface area contributed by atoms with Crippen LogP contribution in [0, 0.1) is 0 Å². The van der Waals surface area contributed by atoms with Gasteiger partial charge in [-0.25, -0.2) is 0 Å². The number of hydrogen-bond acceptors (Lipinski definition) is 3. The summed E-state index contributed by atoms with van der Waals surface area (Å²) >= 11 is 0. The molecule has 1 aliphatic heterocycles. The van der Waals surface area contributed by atoms with Crippen molar-refractivity contribution in [3.8, 4) is 5.75 Å². The Labute approximate surface area is 109 Å². The van der Waals surface area contributed by atoms with Crippen molar-refractivity contribution >= 4 is 0 Å². The molecule has 0 aromatic heterocycles. The molecule has 0 radical (unpaired) electrons. The summed E-state index contributed by atoms with van der Waals surface area (Å²) in [6, 6.07) is 7.16. The van der Waals surface area contributed by atoms with Crippen LogP contribution in [-0.2, 0) is 6.42 Å². The van der Waals surface area contributed by atoms with Gasteiger partial charge >= 0.3 is 0 Å². The van der Waals surface area contributed by atoms with Gasteiger partial charge in [0, 0.05) is 25.2 Å². The summed E-state index contributed by atoms with van der Waals surface area (Å²) in [4.78, 5) is 4.96. The zero-order valence-corrected chi connectivity index (χ0v) is 11.3. The molecule has 3 nitrogen and oxygen atoms in total. The third-order valence-corrected chi connectivity index (χ3v) is 4.54. The van der Waals surface area contributed by atoms with Crippen molar-refractivity contribution in [3.05, 3.63) is 29.3 Å². The van der Waals surface area contributed by atoms with Gasteiger partial charge in [0.05, 0.1) is 0 Å². The molecule has 3 heteroatoms. The van der Waals surface area contributed by atoms with Crippen molar-refractivity contribution in [1.29, 1.82) is 0 Å². The molecule has 1 saturated heterocycles. The Kier molecular flexibility index (Phi) is 3.04.